The number of esters is 3. The molecule has 2 aliphatic heterocycles. The van der Waals surface area contributed by atoms with Crippen molar-refractivity contribution in [2.24, 2.45) is 35.0 Å². The van der Waals surface area contributed by atoms with Gasteiger partial charge in [-0.25, -0.2) is 4.79 Å². The van der Waals surface area contributed by atoms with E-state index in [1.165, 1.54) is 13.8 Å². The maximum atomic E-state index is 13.2. The highest BCUT2D eigenvalue weighted by atomic mass is 16.6. The number of carbonyl (C=O) groups is 3. The quantitative estimate of drug-likeness (QED) is 0.307. The molecule has 0 N–H and O–H groups in total. The lowest BCUT2D eigenvalue weighted by Gasteiger charge is -2.37. The van der Waals surface area contributed by atoms with Crippen LogP contribution in [0.3, 0.4) is 0 Å². The summed E-state index contributed by atoms with van der Waals surface area (Å²) in [4.78, 5) is 37.7. The lowest BCUT2D eigenvalue weighted by Crippen LogP contribution is -2.48. The summed E-state index contributed by atoms with van der Waals surface area (Å²) in [7, 11) is 0. The Bertz CT molecular complexity index is 1140. The molecule has 1 spiro atoms. The van der Waals surface area contributed by atoms with Crippen LogP contribution >= 0.6 is 0 Å². The molecule has 1 aromatic rings. The predicted molar refractivity (Wildman–Crippen MR) is 140 cm³/mol. The summed E-state index contributed by atoms with van der Waals surface area (Å²) >= 11 is 0. The zero-order valence-corrected chi connectivity index (χ0v) is 23.4. The normalized spacial score (nSPS) is 42.1. The molecule has 1 aromatic carbocycles. The van der Waals surface area contributed by atoms with E-state index in [1.807, 2.05) is 25.1 Å². The van der Waals surface area contributed by atoms with E-state index in [-0.39, 0.29) is 53.2 Å². The van der Waals surface area contributed by atoms with Crippen LogP contribution in [0.5, 0.6) is 0 Å². The average Bonchev–Trinajstić information content (AvgIpc) is 3.13. The molecule has 2 aliphatic carbocycles. The molecular weight excluding hydrogens is 484 g/mol. The summed E-state index contributed by atoms with van der Waals surface area (Å²) in [5, 5.41) is 0. The van der Waals surface area contributed by atoms with Crippen LogP contribution in [0.25, 0.3) is 0 Å². The minimum absolute atomic E-state index is 0.00680. The van der Waals surface area contributed by atoms with Gasteiger partial charge in [-0.3, -0.25) is 9.59 Å². The van der Waals surface area contributed by atoms with Gasteiger partial charge in [0.1, 0.15) is 23.9 Å². The van der Waals surface area contributed by atoms with Crippen molar-refractivity contribution in [3.8, 4) is 0 Å². The summed E-state index contributed by atoms with van der Waals surface area (Å²) in [6.45, 7) is 13.5. The predicted octanol–water partition coefficient (Wildman–Crippen LogP) is 5.13. The number of carbonyl (C=O) groups excluding carboxylic acids is 3. The van der Waals surface area contributed by atoms with E-state index in [9.17, 15) is 14.4 Å². The molecule has 38 heavy (non-hydrogen) atoms. The van der Waals surface area contributed by atoms with Crippen LogP contribution in [0.15, 0.2) is 42.0 Å². The van der Waals surface area contributed by atoms with E-state index < -0.39 is 23.8 Å². The standard InChI is InChI=1S/C31H40O7/c1-16-13-23-26(37-29(34)21-11-9-8-10-12-21)17(2)15-31(23)28(36-20(5)33)18(3)27(38-31)25-22(30(25,6)7)14-24(16)35-19(4)32/h8-13,17-18,22-28H,14-15H2,1-7H3/b16-13+/t17-,18-,22+,23-,24+,25-,26-,27-,28-,31+/m0/s1. The van der Waals surface area contributed by atoms with Gasteiger partial charge in [0, 0.05) is 25.7 Å². The van der Waals surface area contributed by atoms with Gasteiger partial charge in [0.05, 0.1) is 11.7 Å². The fraction of sp³-hybridized carbons (Fsp3) is 0.645. The first-order valence-electron chi connectivity index (χ1n) is 13.8. The largest absolute Gasteiger partial charge is 0.459 e. The second-order valence-electron chi connectivity index (χ2n) is 12.6. The highest BCUT2D eigenvalue weighted by molar-refractivity contribution is 5.89. The molecule has 2 bridgehead atoms. The van der Waals surface area contributed by atoms with Crippen LogP contribution in [0, 0.1) is 35.0 Å². The molecule has 0 unspecified atom stereocenters. The minimum atomic E-state index is -0.848. The van der Waals surface area contributed by atoms with Crippen molar-refractivity contribution in [3.63, 3.8) is 0 Å². The Morgan fingerprint density at radius 3 is 2.26 bits per heavy atom. The highest BCUT2D eigenvalue weighted by Gasteiger charge is 2.72. The fourth-order valence-electron chi connectivity index (χ4n) is 7.88. The number of rotatable bonds is 4. The number of benzene rings is 1. The van der Waals surface area contributed by atoms with Gasteiger partial charge < -0.3 is 18.9 Å². The summed E-state index contributed by atoms with van der Waals surface area (Å²) < 4.78 is 25.2. The Labute approximate surface area is 225 Å². The maximum absolute atomic E-state index is 13.2. The monoisotopic (exact) mass is 524 g/mol. The molecule has 7 heteroatoms. The average molecular weight is 525 g/mol. The first-order valence-corrected chi connectivity index (χ1v) is 13.8. The van der Waals surface area contributed by atoms with Gasteiger partial charge in [-0.1, -0.05) is 52.0 Å². The fourth-order valence-corrected chi connectivity index (χ4v) is 7.88. The molecular formula is C31H40O7. The maximum Gasteiger partial charge on any atom is 0.338 e. The number of ether oxygens (including phenoxy) is 4. The second kappa shape index (κ2) is 9.51. The van der Waals surface area contributed by atoms with Crippen LogP contribution in [-0.2, 0) is 28.5 Å². The van der Waals surface area contributed by atoms with Crippen molar-refractivity contribution >= 4 is 17.9 Å². The molecule has 4 aliphatic rings. The van der Waals surface area contributed by atoms with Crippen molar-refractivity contribution in [1.82, 2.24) is 0 Å². The molecule has 5 rings (SSSR count). The number of hydrogen-bond donors (Lipinski definition) is 0. The first kappa shape index (κ1) is 26.9. The van der Waals surface area contributed by atoms with E-state index in [0.29, 0.717) is 24.3 Å². The summed E-state index contributed by atoms with van der Waals surface area (Å²) in [6, 6.07) is 8.96. The van der Waals surface area contributed by atoms with Gasteiger partial charge >= 0.3 is 17.9 Å². The Morgan fingerprint density at radius 2 is 1.63 bits per heavy atom. The smallest absolute Gasteiger partial charge is 0.338 e. The summed E-state index contributed by atoms with van der Waals surface area (Å²) in [6.07, 6.45) is 1.88. The second-order valence-corrected chi connectivity index (χ2v) is 12.6. The molecule has 206 valence electrons. The zero-order valence-electron chi connectivity index (χ0n) is 23.4. The van der Waals surface area contributed by atoms with Crippen LogP contribution in [-0.4, -0.2) is 47.9 Å². The molecule has 3 fully saturated rings. The summed E-state index contributed by atoms with van der Waals surface area (Å²) in [5.41, 5.74) is 0.535. The van der Waals surface area contributed by atoms with Gasteiger partial charge in [-0.2, -0.15) is 0 Å². The highest BCUT2D eigenvalue weighted by Crippen LogP contribution is 2.68. The lowest BCUT2D eigenvalue weighted by molar-refractivity contribution is -0.164. The molecule has 7 nitrogen and oxygen atoms in total. The van der Waals surface area contributed by atoms with E-state index in [4.69, 9.17) is 18.9 Å². The Kier molecular flexibility index (Phi) is 6.74. The number of fused-ring (bicyclic) bond motifs is 3. The Morgan fingerprint density at radius 1 is 0.974 bits per heavy atom. The van der Waals surface area contributed by atoms with E-state index in [2.05, 4.69) is 33.8 Å². The van der Waals surface area contributed by atoms with Gasteiger partial charge in [0.2, 0.25) is 0 Å². The Hall–Kier alpha value is -2.67. The molecule has 0 aromatic heterocycles. The molecule has 0 amide bonds. The van der Waals surface area contributed by atoms with Crippen molar-refractivity contribution in [2.75, 3.05) is 0 Å². The minimum Gasteiger partial charge on any atom is -0.459 e. The lowest BCUT2D eigenvalue weighted by atomic mass is 9.79. The SMILES string of the molecule is CC(=O)O[C@@H]1C[C@@H]2[C@@H]([C@H]3O[C@@]4(C[C@H](C)[C@H](OC(=O)c5ccccc5)[C@@H]4/C=C/1C)[C@@H](OC(C)=O)[C@H]3C)C2(C)C. The van der Waals surface area contributed by atoms with Crippen LogP contribution in [0.1, 0.15) is 71.7 Å². The van der Waals surface area contributed by atoms with Crippen LogP contribution < -0.4 is 0 Å². The first-order chi connectivity index (χ1) is 17.9. The van der Waals surface area contributed by atoms with Gasteiger partial charge in [0.15, 0.2) is 0 Å². The van der Waals surface area contributed by atoms with Gasteiger partial charge in [0.25, 0.3) is 0 Å². The van der Waals surface area contributed by atoms with Crippen LogP contribution in [0.4, 0.5) is 0 Å². The van der Waals surface area contributed by atoms with Crippen molar-refractivity contribution < 1.29 is 33.3 Å². The van der Waals surface area contributed by atoms with Crippen molar-refractivity contribution in [2.45, 2.75) is 91.3 Å². The Balaban J connectivity index is 1.61. The molecule has 0 radical (unpaired) electrons. The summed E-state index contributed by atoms with van der Waals surface area (Å²) in [5.74, 6) is -0.975. The number of hydrogen-bond acceptors (Lipinski definition) is 7. The van der Waals surface area contributed by atoms with Crippen molar-refractivity contribution in [3.05, 3.63) is 47.5 Å². The molecule has 2 heterocycles. The molecule has 10 atom stereocenters. The topological polar surface area (TPSA) is 88.1 Å². The zero-order chi connectivity index (χ0) is 27.6. The van der Waals surface area contributed by atoms with Gasteiger partial charge in [-0.15, -0.1) is 0 Å². The van der Waals surface area contributed by atoms with E-state index in [0.717, 1.165) is 5.57 Å². The third-order valence-electron chi connectivity index (χ3n) is 9.72. The van der Waals surface area contributed by atoms with Gasteiger partial charge in [-0.05, 0) is 60.6 Å². The third kappa shape index (κ3) is 4.37. The van der Waals surface area contributed by atoms with E-state index >= 15 is 0 Å². The molecule has 2 saturated carbocycles. The van der Waals surface area contributed by atoms with Crippen LogP contribution in [0.2, 0.25) is 0 Å². The molecule has 1 saturated heterocycles. The third-order valence-corrected chi connectivity index (χ3v) is 9.72. The van der Waals surface area contributed by atoms with Crippen molar-refractivity contribution in [1.29, 1.82) is 0 Å². The van der Waals surface area contributed by atoms with E-state index in [1.54, 1.807) is 12.1 Å².